The molecule has 1 saturated heterocycles. The van der Waals surface area contributed by atoms with Crippen LogP contribution in [-0.4, -0.2) is 66.4 Å². The van der Waals surface area contributed by atoms with Gasteiger partial charge in [0.05, 0.1) is 12.7 Å². The molecule has 0 aliphatic carbocycles. The van der Waals surface area contributed by atoms with Gasteiger partial charge in [0, 0.05) is 6.92 Å². The molecule has 24 heavy (non-hydrogen) atoms. The van der Waals surface area contributed by atoms with E-state index in [2.05, 4.69) is 15.0 Å². The van der Waals surface area contributed by atoms with Crippen molar-refractivity contribution >= 4 is 22.9 Å². The summed E-state index contributed by atoms with van der Waals surface area (Å²) in [6.45, 7) is 0.639. The molecule has 11 heteroatoms. The molecule has 0 radical (unpaired) electrons. The Hall–Kier alpha value is -2.63. The maximum absolute atomic E-state index is 11.6. The van der Waals surface area contributed by atoms with Crippen LogP contribution in [0, 0.1) is 0 Å². The summed E-state index contributed by atoms with van der Waals surface area (Å²) in [5.74, 6) is -1.85. The average Bonchev–Trinajstić information content (AvgIpc) is 3.09. The molecular formula is C13H14N4O7. The van der Waals surface area contributed by atoms with Gasteiger partial charge in [0.25, 0.3) is 5.56 Å². The zero-order valence-electron chi connectivity index (χ0n) is 12.4. The van der Waals surface area contributed by atoms with E-state index in [4.69, 9.17) is 9.47 Å². The number of aromatic amines is 1. The van der Waals surface area contributed by atoms with Crippen LogP contribution in [0.4, 0.5) is 0 Å². The molecule has 1 fully saturated rings. The number of nitrogens with zero attached hydrogens (tertiary/aromatic N) is 3. The van der Waals surface area contributed by atoms with Gasteiger partial charge >= 0.3 is 5.97 Å². The van der Waals surface area contributed by atoms with Crippen LogP contribution in [0.15, 0.2) is 17.4 Å². The Morgan fingerprint density at radius 1 is 1.38 bits per heavy atom. The van der Waals surface area contributed by atoms with Gasteiger partial charge < -0.3 is 24.7 Å². The standard InChI is InChI=1S/C13H14N4O7/c1-5(18)13(22)23-2-6-8(19)9(20)12(24-6)17-4-16-7-10(17)14-3-15-11(7)21/h3-4,6,8-9,12,19-20H,2H2,1H3,(H,14,15,21). The Morgan fingerprint density at radius 3 is 2.83 bits per heavy atom. The molecule has 0 amide bonds. The molecule has 11 nitrogen and oxygen atoms in total. The van der Waals surface area contributed by atoms with E-state index in [0.717, 1.165) is 6.92 Å². The molecule has 0 bridgehead atoms. The van der Waals surface area contributed by atoms with Gasteiger partial charge in [-0.15, -0.1) is 0 Å². The molecule has 0 saturated carbocycles. The van der Waals surface area contributed by atoms with Gasteiger partial charge in [-0.2, -0.15) is 0 Å². The molecule has 128 valence electrons. The highest BCUT2D eigenvalue weighted by atomic mass is 16.6. The molecule has 4 unspecified atom stereocenters. The number of ether oxygens (including phenoxy) is 2. The van der Waals surface area contributed by atoms with E-state index in [-0.39, 0.29) is 11.2 Å². The lowest BCUT2D eigenvalue weighted by molar-refractivity contribution is -0.157. The molecular weight excluding hydrogens is 324 g/mol. The van der Waals surface area contributed by atoms with E-state index >= 15 is 0 Å². The fourth-order valence-corrected chi connectivity index (χ4v) is 2.41. The van der Waals surface area contributed by atoms with E-state index in [9.17, 15) is 24.6 Å². The number of H-pyrrole nitrogens is 1. The fraction of sp³-hybridized carbons (Fsp3) is 0.462. The van der Waals surface area contributed by atoms with Gasteiger partial charge in [0.15, 0.2) is 17.4 Å². The van der Waals surface area contributed by atoms with Gasteiger partial charge in [0.2, 0.25) is 5.78 Å². The maximum atomic E-state index is 11.6. The molecule has 3 N–H and O–H groups in total. The first-order valence-corrected chi connectivity index (χ1v) is 6.99. The zero-order valence-corrected chi connectivity index (χ0v) is 12.4. The van der Waals surface area contributed by atoms with Crippen LogP contribution in [-0.2, 0) is 19.1 Å². The third-order valence-electron chi connectivity index (χ3n) is 3.64. The Morgan fingerprint density at radius 2 is 2.12 bits per heavy atom. The molecule has 0 aromatic carbocycles. The highest BCUT2D eigenvalue weighted by molar-refractivity contribution is 6.32. The fourth-order valence-electron chi connectivity index (χ4n) is 2.41. The number of Topliss-reactive ketones (excluding diaryl/α,β-unsaturated/α-hetero) is 1. The van der Waals surface area contributed by atoms with Crippen molar-refractivity contribution < 1.29 is 29.3 Å². The summed E-state index contributed by atoms with van der Waals surface area (Å²) in [6.07, 6.45) is -2.45. The number of ketones is 1. The number of carbonyl (C=O) groups excluding carboxylic acids is 2. The Kier molecular flexibility index (Phi) is 4.13. The van der Waals surface area contributed by atoms with E-state index < -0.39 is 48.5 Å². The number of fused-ring (bicyclic) bond motifs is 1. The first-order valence-electron chi connectivity index (χ1n) is 6.99. The minimum atomic E-state index is -1.37. The van der Waals surface area contributed by atoms with Crippen LogP contribution in [0.3, 0.4) is 0 Å². The van der Waals surface area contributed by atoms with Gasteiger partial charge in [-0.25, -0.2) is 14.8 Å². The number of rotatable bonds is 4. The Balaban J connectivity index is 1.82. The van der Waals surface area contributed by atoms with Gasteiger partial charge in [-0.1, -0.05) is 0 Å². The van der Waals surface area contributed by atoms with Crippen molar-refractivity contribution in [3.05, 3.63) is 23.0 Å². The lowest BCUT2D eigenvalue weighted by atomic mass is 10.1. The van der Waals surface area contributed by atoms with E-state index in [0.29, 0.717) is 0 Å². The number of aromatic nitrogens is 4. The van der Waals surface area contributed by atoms with Crippen molar-refractivity contribution in [3.8, 4) is 0 Å². The summed E-state index contributed by atoms with van der Waals surface area (Å²) in [4.78, 5) is 43.9. The summed E-state index contributed by atoms with van der Waals surface area (Å²) in [6, 6.07) is 0. The van der Waals surface area contributed by atoms with Crippen LogP contribution in [0.5, 0.6) is 0 Å². The first kappa shape index (κ1) is 16.2. The topological polar surface area (TPSA) is 157 Å². The molecule has 0 spiro atoms. The molecule has 2 aromatic heterocycles. The average molecular weight is 338 g/mol. The van der Waals surface area contributed by atoms with Gasteiger partial charge in [-0.05, 0) is 0 Å². The second-order valence-electron chi connectivity index (χ2n) is 5.26. The van der Waals surface area contributed by atoms with Crippen molar-refractivity contribution in [2.75, 3.05) is 6.61 Å². The monoisotopic (exact) mass is 338 g/mol. The van der Waals surface area contributed by atoms with Gasteiger partial charge in [-0.3, -0.25) is 14.2 Å². The summed E-state index contributed by atoms with van der Waals surface area (Å²) in [5.41, 5.74) is -0.246. The van der Waals surface area contributed by atoms with Crippen LogP contribution in [0.25, 0.3) is 11.2 Å². The smallest absolute Gasteiger partial charge is 0.374 e. The van der Waals surface area contributed by atoms with Crippen LogP contribution >= 0.6 is 0 Å². The lowest BCUT2D eigenvalue weighted by Gasteiger charge is -2.16. The SMILES string of the molecule is CC(=O)C(=O)OCC1OC(n2cnc3c(=O)[nH]cnc32)C(O)C1O. The number of hydrogen-bond donors (Lipinski definition) is 3. The molecule has 4 atom stereocenters. The lowest BCUT2D eigenvalue weighted by Crippen LogP contribution is -2.35. The quantitative estimate of drug-likeness (QED) is 0.418. The highest BCUT2D eigenvalue weighted by Crippen LogP contribution is 2.31. The van der Waals surface area contributed by atoms with Crippen LogP contribution in [0.1, 0.15) is 13.2 Å². The number of nitrogens with one attached hydrogen (secondary N) is 1. The van der Waals surface area contributed by atoms with Crippen molar-refractivity contribution in [1.29, 1.82) is 0 Å². The van der Waals surface area contributed by atoms with Crippen molar-refractivity contribution in [2.24, 2.45) is 0 Å². The Labute approximate surface area is 133 Å². The predicted octanol–water partition coefficient (Wildman–Crippen LogP) is -2.13. The third kappa shape index (κ3) is 2.68. The van der Waals surface area contributed by atoms with Crippen LogP contribution in [0.2, 0.25) is 0 Å². The molecule has 1 aliphatic rings. The molecule has 2 aromatic rings. The maximum Gasteiger partial charge on any atom is 0.374 e. The van der Waals surface area contributed by atoms with Crippen molar-refractivity contribution in [1.82, 2.24) is 19.5 Å². The molecule has 3 rings (SSSR count). The van der Waals surface area contributed by atoms with Crippen molar-refractivity contribution in [3.63, 3.8) is 0 Å². The third-order valence-corrected chi connectivity index (χ3v) is 3.64. The minimum absolute atomic E-state index is 0.0502. The highest BCUT2D eigenvalue weighted by Gasteiger charge is 2.45. The largest absolute Gasteiger partial charge is 0.457 e. The van der Waals surface area contributed by atoms with Crippen LogP contribution < -0.4 is 5.56 Å². The second kappa shape index (κ2) is 6.11. The number of aliphatic hydroxyl groups excluding tert-OH is 2. The summed E-state index contributed by atoms with van der Waals surface area (Å²) in [5, 5.41) is 20.2. The summed E-state index contributed by atoms with van der Waals surface area (Å²) >= 11 is 0. The molecule has 3 heterocycles. The van der Waals surface area contributed by atoms with Gasteiger partial charge in [0.1, 0.15) is 24.9 Å². The summed E-state index contributed by atoms with van der Waals surface area (Å²) in [7, 11) is 0. The minimum Gasteiger partial charge on any atom is -0.457 e. The first-order chi connectivity index (χ1) is 11.4. The number of carbonyl (C=O) groups is 2. The number of imidazole rings is 1. The predicted molar refractivity (Wildman–Crippen MR) is 75.7 cm³/mol. The number of esters is 1. The summed E-state index contributed by atoms with van der Waals surface area (Å²) < 4.78 is 11.5. The van der Waals surface area contributed by atoms with E-state index in [1.54, 1.807) is 0 Å². The zero-order chi connectivity index (χ0) is 17.4. The van der Waals surface area contributed by atoms with Crippen molar-refractivity contribution in [2.45, 2.75) is 31.5 Å². The number of hydrogen-bond acceptors (Lipinski definition) is 9. The van der Waals surface area contributed by atoms with E-state index in [1.807, 2.05) is 0 Å². The number of aliphatic hydroxyl groups is 2. The second-order valence-corrected chi connectivity index (χ2v) is 5.26. The molecule has 1 aliphatic heterocycles. The Bertz CT molecular complexity index is 844. The normalized spacial score (nSPS) is 26.6. The van der Waals surface area contributed by atoms with E-state index in [1.165, 1.54) is 17.2 Å².